The Bertz CT molecular complexity index is 1540. The normalized spacial score (nSPS) is 13.4. The van der Waals surface area contributed by atoms with Gasteiger partial charge in [-0.2, -0.15) is 5.10 Å². The van der Waals surface area contributed by atoms with E-state index in [1.807, 2.05) is 46.0 Å². The van der Waals surface area contributed by atoms with E-state index in [9.17, 15) is 9.59 Å². The SMILES string of the molecule is C=C(NCc1ccc(C)c(C)c1)c1cc(CC(C)=O)n2nccc2n1.CC.CNC1CCc2c1ccc(C=O)c2C. The van der Waals surface area contributed by atoms with Gasteiger partial charge in [0.05, 0.1) is 23.3 Å². The fourth-order valence-electron chi connectivity index (χ4n) is 5.05. The summed E-state index contributed by atoms with van der Waals surface area (Å²) in [5, 5.41) is 10.9. The zero-order valence-corrected chi connectivity index (χ0v) is 25.5. The third kappa shape index (κ3) is 7.55. The lowest BCUT2D eigenvalue weighted by Crippen LogP contribution is -2.14. The van der Waals surface area contributed by atoms with E-state index in [1.54, 1.807) is 17.6 Å². The van der Waals surface area contributed by atoms with Crippen LogP contribution in [0, 0.1) is 20.8 Å². The Morgan fingerprint density at radius 2 is 1.85 bits per heavy atom. The molecular formula is C34H43N5O2. The number of carbonyl (C=O) groups excluding carboxylic acids is 2. The van der Waals surface area contributed by atoms with Gasteiger partial charge in [-0.3, -0.25) is 9.59 Å². The summed E-state index contributed by atoms with van der Waals surface area (Å²) in [6, 6.07) is 14.6. The molecule has 7 nitrogen and oxygen atoms in total. The van der Waals surface area contributed by atoms with E-state index in [0.29, 0.717) is 24.7 Å². The molecule has 0 bridgehead atoms. The van der Waals surface area contributed by atoms with Crippen LogP contribution in [0.5, 0.6) is 0 Å². The maximum absolute atomic E-state index is 11.5. The Morgan fingerprint density at radius 3 is 2.51 bits per heavy atom. The number of aryl methyl sites for hydroxylation is 2. The zero-order valence-electron chi connectivity index (χ0n) is 25.5. The molecule has 1 aliphatic rings. The van der Waals surface area contributed by atoms with Gasteiger partial charge < -0.3 is 10.6 Å². The lowest BCUT2D eigenvalue weighted by Gasteiger charge is -2.12. The van der Waals surface area contributed by atoms with E-state index < -0.39 is 0 Å². The molecule has 216 valence electrons. The number of aldehydes is 1. The fraction of sp³-hybridized carbons (Fsp3) is 0.353. The van der Waals surface area contributed by atoms with Gasteiger partial charge >= 0.3 is 0 Å². The van der Waals surface area contributed by atoms with E-state index in [1.165, 1.54) is 27.8 Å². The first-order chi connectivity index (χ1) is 19.7. The molecule has 1 atom stereocenters. The number of carbonyl (C=O) groups is 2. The van der Waals surface area contributed by atoms with Gasteiger partial charge in [-0.1, -0.05) is 50.8 Å². The monoisotopic (exact) mass is 553 g/mol. The molecule has 5 rings (SSSR count). The van der Waals surface area contributed by atoms with Crippen LogP contribution in [0.15, 0.2) is 55.2 Å². The Balaban J connectivity index is 0.000000244. The molecule has 4 aromatic rings. The van der Waals surface area contributed by atoms with Gasteiger partial charge in [0.15, 0.2) is 5.65 Å². The minimum Gasteiger partial charge on any atom is -0.380 e. The van der Waals surface area contributed by atoms with Crippen LogP contribution in [-0.4, -0.2) is 33.7 Å². The number of hydrogen-bond donors (Lipinski definition) is 2. The summed E-state index contributed by atoms with van der Waals surface area (Å²) in [5.41, 5.74) is 11.5. The maximum atomic E-state index is 11.5. The summed E-state index contributed by atoms with van der Waals surface area (Å²) >= 11 is 0. The highest BCUT2D eigenvalue weighted by Crippen LogP contribution is 2.33. The Hall–Kier alpha value is -4.10. The van der Waals surface area contributed by atoms with Crippen LogP contribution in [0.25, 0.3) is 11.3 Å². The number of fused-ring (bicyclic) bond motifs is 2. The van der Waals surface area contributed by atoms with Crippen molar-refractivity contribution in [3.63, 3.8) is 0 Å². The van der Waals surface area contributed by atoms with Gasteiger partial charge in [-0.25, -0.2) is 9.50 Å². The molecule has 0 spiro atoms. The van der Waals surface area contributed by atoms with Crippen molar-refractivity contribution >= 4 is 23.4 Å². The summed E-state index contributed by atoms with van der Waals surface area (Å²) in [6.07, 6.45) is 5.19. The molecule has 1 aliphatic carbocycles. The van der Waals surface area contributed by atoms with Crippen LogP contribution < -0.4 is 10.6 Å². The largest absolute Gasteiger partial charge is 0.380 e. The highest BCUT2D eigenvalue weighted by Gasteiger charge is 2.23. The molecule has 0 radical (unpaired) electrons. The smallest absolute Gasteiger partial charge is 0.155 e. The van der Waals surface area contributed by atoms with Gasteiger partial charge in [0.25, 0.3) is 0 Å². The molecule has 2 N–H and O–H groups in total. The van der Waals surface area contributed by atoms with Crippen molar-refractivity contribution in [1.29, 1.82) is 0 Å². The first kappa shape index (κ1) is 31.4. The maximum Gasteiger partial charge on any atom is 0.155 e. The fourth-order valence-corrected chi connectivity index (χ4v) is 5.05. The van der Waals surface area contributed by atoms with E-state index in [2.05, 4.69) is 65.4 Å². The lowest BCUT2D eigenvalue weighted by atomic mass is 9.99. The minimum absolute atomic E-state index is 0.0858. The number of nitrogens with one attached hydrogen (secondary N) is 2. The number of aromatic nitrogens is 3. The van der Waals surface area contributed by atoms with E-state index in [0.717, 1.165) is 47.3 Å². The topological polar surface area (TPSA) is 88.4 Å². The van der Waals surface area contributed by atoms with E-state index in [4.69, 9.17) is 0 Å². The molecule has 0 saturated heterocycles. The molecule has 1 unspecified atom stereocenters. The number of rotatable bonds is 8. The number of nitrogens with zero attached hydrogens (tertiary/aromatic N) is 3. The van der Waals surface area contributed by atoms with Crippen LogP contribution in [0.1, 0.15) is 88.4 Å². The van der Waals surface area contributed by atoms with Crippen molar-refractivity contribution in [3.05, 3.63) is 106 Å². The molecule has 2 aromatic heterocycles. The summed E-state index contributed by atoms with van der Waals surface area (Å²) in [7, 11) is 1.99. The van der Waals surface area contributed by atoms with Crippen molar-refractivity contribution in [3.8, 4) is 0 Å². The second-order valence-corrected chi connectivity index (χ2v) is 10.2. The van der Waals surface area contributed by atoms with Crippen molar-refractivity contribution in [1.82, 2.24) is 25.2 Å². The van der Waals surface area contributed by atoms with Gasteiger partial charge in [-0.15, -0.1) is 0 Å². The molecule has 41 heavy (non-hydrogen) atoms. The van der Waals surface area contributed by atoms with E-state index in [-0.39, 0.29) is 5.78 Å². The number of hydrogen-bond acceptors (Lipinski definition) is 6. The van der Waals surface area contributed by atoms with Gasteiger partial charge in [0.1, 0.15) is 12.1 Å². The predicted octanol–water partition coefficient (Wildman–Crippen LogP) is 6.28. The van der Waals surface area contributed by atoms with Gasteiger partial charge in [0, 0.05) is 30.6 Å². The molecule has 0 aliphatic heterocycles. The Kier molecular flexibility index (Phi) is 11.1. The third-order valence-corrected chi connectivity index (χ3v) is 7.46. The van der Waals surface area contributed by atoms with E-state index >= 15 is 0 Å². The molecule has 2 aromatic carbocycles. The van der Waals surface area contributed by atoms with Gasteiger partial charge in [-0.05, 0) is 87.0 Å². The minimum atomic E-state index is 0.0858. The second kappa shape index (κ2) is 14.5. The Morgan fingerprint density at radius 1 is 1.10 bits per heavy atom. The number of benzene rings is 2. The highest BCUT2D eigenvalue weighted by atomic mass is 16.1. The quantitative estimate of drug-likeness (QED) is 0.250. The first-order valence-electron chi connectivity index (χ1n) is 14.3. The molecule has 0 saturated carbocycles. The summed E-state index contributed by atoms with van der Waals surface area (Å²) in [6.45, 7) is 16.6. The van der Waals surface area contributed by atoms with Crippen LogP contribution in [0.2, 0.25) is 0 Å². The van der Waals surface area contributed by atoms with Crippen LogP contribution in [0.4, 0.5) is 0 Å². The Labute approximate surface area is 244 Å². The lowest BCUT2D eigenvalue weighted by molar-refractivity contribution is -0.116. The molecule has 2 heterocycles. The number of Topliss-reactive ketones (excluding diaryl/α,β-unsaturated/α-hetero) is 1. The van der Waals surface area contributed by atoms with Crippen molar-refractivity contribution in [2.45, 2.75) is 73.4 Å². The zero-order chi connectivity index (χ0) is 30.1. The molecule has 0 fully saturated rings. The summed E-state index contributed by atoms with van der Waals surface area (Å²) in [5.74, 6) is 0.0858. The van der Waals surface area contributed by atoms with Crippen LogP contribution >= 0.6 is 0 Å². The summed E-state index contributed by atoms with van der Waals surface area (Å²) < 4.78 is 1.70. The van der Waals surface area contributed by atoms with Crippen LogP contribution in [0.3, 0.4) is 0 Å². The first-order valence-corrected chi connectivity index (χ1v) is 14.3. The average Bonchev–Trinajstić information content (AvgIpc) is 3.62. The molecule has 0 amide bonds. The molecular weight excluding hydrogens is 510 g/mol. The summed E-state index contributed by atoms with van der Waals surface area (Å²) in [4.78, 5) is 26.9. The van der Waals surface area contributed by atoms with Crippen molar-refractivity contribution in [2.24, 2.45) is 0 Å². The van der Waals surface area contributed by atoms with Crippen LogP contribution in [-0.2, 0) is 24.2 Å². The highest BCUT2D eigenvalue weighted by molar-refractivity contribution is 5.79. The second-order valence-electron chi connectivity index (χ2n) is 10.2. The predicted molar refractivity (Wildman–Crippen MR) is 167 cm³/mol. The average molecular weight is 554 g/mol. The third-order valence-electron chi connectivity index (χ3n) is 7.46. The molecule has 7 heteroatoms. The van der Waals surface area contributed by atoms with Crippen molar-refractivity contribution in [2.75, 3.05) is 7.05 Å². The number of ketones is 1. The van der Waals surface area contributed by atoms with Gasteiger partial charge in [0.2, 0.25) is 0 Å². The van der Waals surface area contributed by atoms with Crippen molar-refractivity contribution < 1.29 is 9.59 Å². The standard InChI is InChI=1S/C20H22N4O.C12H15NO.C2H6/c1-13-5-6-17(9-14(13)2)12-21-16(4)19-11-18(10-15(3)25)24-20(23-19)7-8-22-24;1-8-9(7-14)3-4-11-10(8)5-6-12(11)13-2;1-2/h5-9,11,21H,4,10,12H2,1-3H3;3-4,7,12-13H,5-6H2,1-2H3;1-2H3.